The number of carbonyl (C=O) groups excluding carboxylic acids is 1. The van der Waals surface area contributed by atoms with Gasteiger partial charge < -0.3 is 10.6 Å². The number of nitrogens with one attached hydrogen (secondary N) is 2. The van der Waals surface area contributed by atoms with Gasteiger partial charge >= 0.3 is 0 Å². The maximum atomic E-state index is 12.1. The molecule has 0 radical (unpaired) electrons. The summed E-state index contributed by atoms with van der Waals surface area (Å²) in [5.74, 6) is 1.92. The van der Waals surface area contributed by atoms with Crippen LogP contribution in [-0.2, 0) is 0 Å². The summed E-state index contributed by atoms with van der Waals surface area (Å²) >= 11 is 1.82. The lowest BCUT2D eigenvalue weighted by Gasteiger charge is -2.15. The van der Waals surface area contributed by atoms with Crippen molar-refractivity contribution in [2.45, 2.75) is 26.8 Å². The Morgan fingerprint density at radius 3 is 2.89 bits per heavy atom. The molecule has 100 valence electrons. The second-order valence-electron chi connectivity index (χ2n) is 4.16. The lowest BCUT2D eigenvalue weighted by Crippen LogP contribution is -2.34. The van der Waals surface area contributed by atoms with Crippen molar-refractivity contribution in [3.8, 4) is 0 Å². The summed E-state index contributed by atoms with van der Waals surface area (Å²) in [7, 11) is 1.81. The molecule has 1 rings (SSSR count). The number of hydrogen-bond acceptors (Lipinski definition) is 4. The molecule has 1 unspecified atom stereocenters. The topological polar surface area (TPSA) is 54.0 Å². The molecular formula is C13H21N3OS. The molecule has 1 aromatic heterocycles. The fraction of sp³-hybridized carbons (Fsp3) is 0.538. The highest BCUT2D eigenvalue weighted by Crippen LogP contribution is 2.15. The molecule has 18 heavy (non-hydrogen) atoms. The average Bonchev–Trinajstić information content (AvgIpc) is 2.35. The van der Waals surface area contributed by atoms with Crippen molar-refractivity contribution in [3.05, 3.63) is 23.5 Å². The van der Waals surface area contributed by atoms with Crippen molar-refractivity contribution >= 4 is 23.4 Å². The Morgan fingerprint density at radius 1 is 1.56 bits per heavy atom. The van der Waals surface area contributed by atoms with Crippen LogP contribution >= 0.6 is 11.8 Å². The van der Waals surface area contributed by atoms with Gasteiger partial charge in [0.25, 0.3) is 5.91 Å². The predicted octanol–water partition coefficient (Wildman–Crippen LogP) is 2.30. The summed E-state index contributed by atoms with van der Waals surface area (Å²) in [6, 6.07) is 2.04. The molecule has 1 heterocycles. The molecule has 4 nitrogen and oxygen atoms in total. The zero-order valence-corrected chi connectivity index (χ0v) is 12.2. The van der Waals surface area contributed by atoms with Crippen LogP contribution in [0.5, 0.6) is 0 Å². The molecule has 1 atom stereocenters. The number of pyridine rings is 1. The van der Waals surface area contributed by atoms with E-state index in [1.807, 2.05) is 38.7 Å². The molecule has 0 spiro atoms. The fourth-order valence-electron chi connectivity index (χ4n) is 1.59. The maximum Gasteiger partial charge on any atom is 0.255 e. The SMILES string of the molecule is CCSCC(C)NC(=O)c1cnc(C)cc1NC. The standard InChI is InChI=1S/C13H21N3OS/c1-5-18-8-10(3)16-13(17)11-7-15-9(2)6-12(11)14-4/h6-7,10H,5,8H2,1-4H3,(H,14,15)(H,16,17). The van der Waals surface area contributed by atoms with Crippen LogP contribution in [0.2, 0.25) is 0 Å². The largest absolute Gasteiger partial charge is 0.387 e. The maximum absolute atomic E-state index is 12.1. The smallest absolute Gasteiger partial charge is 0.255 e. The highest BCUT2D eigenvalue weighted by Gasteiger charge is 2.13. The third-order valence-corrected chi connectivity index (χ3v) is 3.65. The molecule has 5 heteroatoms. The van der Waals surface area contributed by atoms with Crippen molar-refractivity contribution in [3.63, 3.8) is 0 Å². The van der Waals surface area contributed by atoms with Crippen LogP contribution in [0.4, 0.5) is 5.69 Å². The average molecular weight is 267 g/mol. The first-order valence-electron chi connectivity index (χ1n) is 6.11. The minimum atomic E-state index is -0.0731. The molecule has 1 amide bonds. The molecule has 0 aromatic carbocycles. The van der Waals surface area contributed by atoms with Gasteiger partial charge in [-0.05, 0) is 25.7 Å². The second-order valence-corrected chi connectivity index (χ2v) is 5.47. The third-order valence-electron chi connectivity index (χ3n) is 2.50. The molecule has 0 aliphatic carbocycles. The summed E-state index contributed by atoms with van der Waals surface area (Å²) in [6.07, 6.45) is 1.62. The lowest BCUT2D eigenvalue weighted by atomic mass is 10.2. The summed E-state index contributed by atoms with van der Waals surface area (Å²) in [5.41, 5.74) is 2.30. The van der Waals surface area contributed by atoms with E-state index in [0.29, 0.717) is 5.56 Å². The van der Waals surface area contributed by atoms with E-state index in [1.54, 1.807) is 6.20 Å². The Bertz CT molecular complexity index is 409. The van der Waals surface area contributed by atoms with Gasteiger partial charge in [0.1, 0.15) is 0 Å². The van der Waals surface area contributed by atoms with E-state index in [2.05, 4.69) is 22.5 Å². The zero-order chi connectivity index (χ0) is 13.5. The number of amides is 1. The fourth-order valence-corrected chi connectivity index (χ4v) is 2.26. The number of thioether (sulfide) groups is 1. The summed E-state index contributed by atoms with van der Waals surface area (Å²) in [4.78, 5) is 16.3. The van der Waals surface area contributed by atoms with E-state index >= 15 is 0 Å². The van der Waals surface area contributed by atoms with Crippen molar-refractivity contribution in [1.29, 1.82) is 0 Å². The number of aryl methyl sites for hydroxylation is 1. The number of anilines is 1. The lowest BCUT2D eigenvalue weighted by molar-refractivity contribution is 0.0944. The van der Waals surface area contributed by atoms with Gasteiger partial charge in [0.2, 0.25) is 0 Å². The Hall–Kier alpha value is -1.23. The van der Waals surface area contributed by atoms with Crippen LogP contribution in [0.3, 0.4) is 0 Å². The number of carbonyl (C=O) groups is 1. The van der Waals surface area contributed by atoms with Gasteiger partial charge in [0.05, 0.1) is 11.3 Å². The molecule has 0 saturated carbocycles. The van der Waals surface area contributed by atoms with Gasteiger partial charge in [-0.2, -0.15) is 11.8 Å². The molecule has 0 aliphatic heterocycles. The summed E-state index contributed by atoms with van der Waals surface area (Å²) in [5, 5.41) is 6.01. The first kappa shape index (κ1) is 14.8. The number of hydrogen-bond donors (Lipinski definition) is 2. The van der Waals surface area contributed by atoms with Crippen LogP contribution < -0.4 is 10.6 Å². The summed E-state index contributed by atoms with van der Waals surface area (Å²) < 4.78 is 0. The molecule has 0 fully saturated rings. The Morgan fingerprint density at radius 2 is 2.28 bits per heavy atom. The third kappa shape index (κ3) is 4.22. The van der Waals surface area contributed by atoms with E-state index in [0.717, 1.165) is 22.9 Å². The van der Waals surface area contributed by atoms with Gasteiger partial charge in [-0.3, -0.25) is 9.78 Å². The van der Waals surface area contributed by atoms with Crippen LogP contribution in [0.25, 0.3) is 0 Å². The van der Waals surface area contributed by atoms with Gasteiger partial charge in [0.15, 0.2) is 0 Å². The quantitative estimate of drug-likeness (QED) is 0.830. The van der Waals surface area contributed by atoms with Gasteiger partial charge in [-0.25, -0.2) is 0 Å². The van der Waals surface area contributed by atoms with Crippen molar-refractivity contribution in [2.75, 3.05) is 23.9 Å². The van der Waals surface area contributed by atoms with Crippen molar-refractivity contribution < 1.29 is 4.79 Å². The highest BCUT2D eigenvalue weighted by molar-refractivity contribution is 7.99. The first-order valence-corrected chi connectivity index (χ1v) is 7.27. The first-order chi connectivity index (χ1) is 8.58. The molecule has 0 saturated heterocycles. The second kappa shape index (κ2) is 7.26. The Kier molecular flexibility index (Phi) is 5.98. The van der Waals surface area contributed by atoms with Crippen LogP contribution in [-0.4, -0.2) is 35.5 Å². The molecule has 2 N–H and O–H groups in total. The van der Waals surface area contributed by atoms with Crippen molar-refractivity contribution in [1.82, 2.24) is 10.3 Å². The van der Waals surface area contributed by atoms with Crippen LogP contribution in [0.1, 0.15) is 29.9 Å². The van der Waals surface area contributed by atoms with E-state index < -0.39 is 0 Å². The molecule has 1 aromatic rings. The monoisotopic (exact) mass is 267 g/mol. The molecule has 0 bridgehead atoms. The molecule has 0 aliphatic rings. The Balaban J connectivity index is 2.72. The zero-order valence-electron chi connectivity index (χ0n) is 11.4. The predicted molar refractivity (Wildman–Crippen MR) is 78.4 cm³/mol. The normalized spacial score (nSPS) is 12.0. The van der Waals surface area contributed by atoms with E-state index in [4.69, 9.17) is 0 Å². The molecular weight excluding hydrogens is 246 g/mol. The number of nitrogens with zero attached hydrogens (tertiary/aromatic N) is 1. The van der Waals surface area contributed by atoms with Crippen molar-refractivity contribution in [2.24, 2.45) is 0 Å². The van der Waals surface area contributed by atoms with Gasteiger partial charge in [-0.15, -0.1) is 0 Å². The van der Waals surface area contributed by atoms with Crippen LogP contribution in [0, 0.1) is 6.92 Å². The van der Waals surface area contributed by atoms with E-state index in [-0.39, 0.29) is 11.9 Å². The minimum Gasteiger partial charge on any atom is -0.387 e. The number of aromatic nitrogens is 1. The van der Waals surface area contributed by atoms with Gasteiger partial charge in [0, 0.05) is 30.7 Å². The summed E-state index contributed by atoms with van der Waals surface area (Å²) in [6.45, 7) is 6.03. The van der Waals surface area contributed by atoms with Crippen LogP contribution in [0.15, 0.2) is 12.3 Å². The van der Waals surface area contributed by atoms with E-state index in [1.165, 1.54) is 0 Å². The van der Waals surface area contributed by atoms with E-state index in [9.17, 15) is 4.79 Å². The number of rotatable bonds is 6. The van der Waals surface area contributed by atoms with Gasteiger partial charge in [-0.1, -0.05) is 6.92 Å². The minimum absolute atomic E-state index is 0.0731. The Labute approximate surface area is 113 Å². The highest BCUT2D eigenvalue weighted by atomic mass is 32.2.